The first-order chi connectivity index (χ1) is 10.1. The summed E-state index contributed by atoms with van der Waals surface area (Å²) in [6.07, 6.45) is -0.519. The molecule has 112 valence electrons. The van der Waals surface area contributed by atoms with Crippen molar-refractivity contribution in [2.75, 3.05) is 13.2 Å². The van der Waals surface area contributed by atoms with E-state index in [0.717, 1.165) is 17.9 Å². The maximum absolute atomic E-state index is 9.94. The first-order valence-electron chi connectivity index (χ1n) is 7.28. The molecule has 0 saturated carbocycles. The van der Waals surface area contributed by atoms with Crippen molar-refractivity contribution in [1.29, 1.82) is 0 Å². The number of aliphatic hydroxyl groups excluding tert-OH is 1. The van der Waals surface area contributed by atoms with Gasteiger partial charge in [0.05, 0.1) is 0 Å². The Hall–Kier alpha value is -1.84. The maximum atomic E-state index is 9.94. The second kappa shape index (κ2) is 7.81. The van der Waals surface area contributed by atoms with E-state index in [1.54, 1.807) is 0 Å². The van der Waals surface area contributed by atoms with Gasteiger partial charge in [0, 0.05) is 13.1 Å². The summed E-state index contributed by atoms with van der Waals surface area (Å²) in [4.78, 5) is 0. The number of nitrogens with one attached hydrogen (secondary N) is 1. The van der Waals surface area contributed by atoms with Crippen LogP contribution in [0.25, 0.3) is 0 Å². The quantitative estimate of drug-likeness (QED) is 0.822. The highest BCUT2D eigenvalue weighted by Gasteiger charge is 2.05. The third-order valence-corrected chi connectivity index (χ3v) is 3.39. The zero-order chi connectivity index (χ0) is 15.1. The van der Waals surface area contributed by atoms with Crippen LogP contribution in [0.3, 0.4) is 0 Å². The van der Waals surface area contributed by atoms with Gasteiger partial charge in [0.15, 0.2) is 0 Å². The van der Waals surface area contributed by atoms with E-state index in [2.05, 4.69) is 24.4 Å². The monoisotopic (exact) mass is 285 g/mol. The lowest BCUT2D eigenvalue weighted by molar-refractivity contribution is 0.106. The molecule has 21 heavy (non-hydrogen) atoms. The summed E-state index contributed by atoms with van der Waals surface area (Å²) < 4.78 is 5.59. The van der Waals surface area contributed by atoms with Crippen molar-refractivity contribution in [1.82, 2.24) is 5.32 Å². The Kier molecular flexibility index (Phi) is 5.78. The van der Waals surface area contributed by atoms with Crippen LogP contribution in [0.2, 0.25) is 0 Å². The molecule has 0 aliphatic rings. The number of aryl methyl sites for hydroxylation is 2. The minimum absolute atomic E-state index is 0.296. The maximum Gasteiger partial charge on any atom is 0.119 e. The molecule has 1 unspecified atom stereocenters. The van der Waals surface area contributed by atoms with Gasteiger partial charge in [-0.05, 0) is 42.7 Å². The van der Waals surface area contributed by atoms with Crippen LogP contribution >= 0.6 is 0 Å². The molecule has 0 fully saturated rings. The molecule has 0 heterocycles. The van der Waals surface area contributed by atoms with E-state index < -0.39 is 6.10 Å². The number of rotatable bonds is 7. The summed E-state index contributed by atoms with van der Waals surface area (Å²) >= 11 is 0. The molecule has 0 aromatic heterocycles. The van der Waals surface area contributed by atoms with Gasteiger partial charge in [-0.25, -0.2) is 0 Å². The highest BCUT2D eigenvalue weighted by Crippen LogP contribution is 2.12. The fourth-order valence-corrected chi connectivity index (χ4v) is 2.14. The van der Waals surface area contributed by atoms with Crippen molar-refractivity contribution >= 4 is 0 Å². The van der Waals surface area contributed by atoms with Gasteiger partial charge in [-0.1, -0.05) is 36.4 Å². The molecule has 3 heteroatoms. The van der Waals surface area contributed by atoms with Crippen LogP contribution in [-0.4, -0.2) is 24.4 Å². The lowest BCUT2D eigenvalue weighted by atomic mass is 10.1. The SMILES string of the molecule is Cc1cccc(OCC(O)CNCc2ccccc2C)c1. The molecule has 0 aliphatic heterocycles. The first-order valence-corrected chi connectivity index (χ1v) is 7.28. The molecule has 2 N–H and O–H groups in total. The van der Waals surface area contributed by atoms with Gasteiger partial charge in [0.2, 0.25) is 0 Å². The van der Waals surface area contributed by atoms with E-state index >= 15 is 0 Å². The lowest BCUT2D eigenvalue weighted by Gasteiger charge is -2.14. The topological polar surface area (TPSA) is 41.5 Å². The van der Waals surface area contributed by atoms with Crippen LogP contribution in [0.15, 0.2) is 48.5 Å². The standard InChI is InChI=1S/C18H23NO2/c1-14-6-5-9-18(10-14)21-13-17(20)12-19-11-16-8-4-3-7-15(16)2/h3-10,17,19-20H,11-13H2,1-2H3. The average Bonchev–Trinajstić information content (AvgIpc) is 2.47. The minimum atomic E-state index is -0.519. The van der Waals surface area contributed by atoms with Crippen molar-refractivity contribution < 1.29 is 9.84 Å². The Bertz CT molecular complexity index is 569. The molecule has 0 radical (unpaired) electrons. The molecular weight excluding hydrogens is 262 g/mol. The number of hydrogen-bond donors (Lipinski definition) is 2. The smallest absolute Gasteiger partial charge is 0.119 e. The van der Waals surface area contributed by atoms with Crippen LogP contribution in [0.1, 0.15) is 16.7 Å². The zero-order valence-corrected chi connectivity index (χ0v) is 12.7. The molecule has 2 aromatic carbocycles. The summed E-state index contributed by atoms with van der Waals surface area (Å²) in [6.45, 7) is 5.68. The van der Waals surface area contributed by atoms with Crippen molar-refractivity contribution in [3.63, 3.8) is 0 Å². The van der Waals surface area contributed by atoms with Crippen LogP contribution in [0, 0.1) is 13.8 Å². The normalized spacial score (nSPS) is 12.1. The largest absolute Gasteiger partial charge is 0.491 e. The molecule has 0 aliphatic carbocycles. The van der Waals surface area contributed by atoms with Crippen LogP contribution in [0.5, 0.6) is 5.75 Å². The second-order valence-electron chi connectivity index (χ2n) is 5.34. The van der Waals surface area contributed by atoms with E-state index in [1.165, 1.54) is 11.1 Å². The summed E-state index contributed by atoms with van der Waals surface area (Å²) in [5.41, 5.74) is 3.67. The second-order valence-corrected chi connectivity index (χ2v) is 5.34. The molecule has 0 spiro atoms. The molecule has 3 nitrogen and oxygen atoms in total. The van der Waals surface area contributed by atoms with Crippen molar-refractivity contribution in [3.8, 4) is 5.75 Å². The van der Waals surface area contributed by atoms with Crippen molar-refractivity contribution in [3.05, 3.63) is 65.2 Å². The van der Waals surface area contributed by atoms with Crippen LogP contribution in [0.4, 0.5) is 0 Å². The lowest BCUT2D eigenvalue weighted by Crippen LogP contribution is -2.31. The minimum Gasteiger partial charge on any atom is -0.491 e. The predicted octanol–water partition coefficient (Wildman–Crippen LogP) is 2.83. The number of benzene rings is 2. The van der Waals surface area contributed by atoms with Gasteiger partial charge < -0.3 is 15.2 Å². The summed E-state index contributed by atoms with van der Waals surface area (Å²) in [7, 11) is 0. The number of aliphatic hydroxyl groups is 1. The predicted molar refractivity (Wildman–Crippen MR) is 85.6 cm³/mol. The van der Waals surface area contributed by atoms with Gasteiger partial charge in [0.25, 0.3) is 0 Å². The Morgan fingerprint density at radius 3 is 2.67 bits per heavy atom. The third kappa shape index (κ3) is 5.21. The van der Waals surface area contributed by atoms with E-state index in [-0.39, 0.29) is 0 Å². The van der Waals surface area contributed by atoms with E-state index in [0.29, 0.717) is 13.2 Å². The molecule has 2 rings (SSSR count). The summed E-state index contributed by atoms with van der Waals surface area (Å²) in [5, 5.41) is 13.2. The van der Waals surface area contributed by atoms with E-state index in [4.69, 9.17) is 4.74 Å². The van der Waals surface area contributed by atoms with Crippen molar-refractivity contribution in [2.45, 2.75) is 26.5 Å². The van der Waals surface area contributed by atoms with Gasteiger partial charge in [-0.2, -0.15) is 0 Å². The molecule has 2 aromatic rings. The molecule has 0 bridgehead atoms. The molecule has 0 saturated heterocycles. The Morgan fingerprint density at radius 1 is 1.10 bits per heavy atom. The van der Waals surface area contributed by atoms with Crippen molar-refractivity contribution in [2.24, 2.45) is 0 Å². The third-order valence-electron chi connectivity index (χ3n) is 3.39. The molecule has 1 atom stereocenters. The van der Waals surface area contributed by atoms with Gasteiger partial charge >= 0.3 is 0 Å². The highest BCUT2D eigenvalue weighted by molar-refractivity contribution is 5.27. The Balaban J connectivity index is 1.70. The zero-order valence-electron chi connectivity index (χ0n) is 12.7. The van der Waals surface area contributed by atoms with E-state index in [1.807, 2.05) is 43.3 Å². The van der Waals surface area contributed by atoms with Gasteiger partial charge in [-0.15, -0.1) is 0 Å². The molecular formula is C18H23NO2. The summed E-state index contributed by atoms with van der Waals surface area (Å²) in [5.74, 6) is 0.799. The Labute approximate surface area is 126 Å². The van der Waals surface area contributed by atoms with E-state index in [9.17, 15) is 5.11 Å². The summed E-state index contributed by atoms with van der Waals surface area (Å²) in [6, 6.07) is 16.1. The van der Waals surface area contributed by atoms with Gasteiger partial charge in [-0.3, -0.25) is 0 Å². The fourth-order valence-electron chi connectivity index (χ4n) is 2.14. The average molecular weight is 285 g/mol. The van der Waals surface area contributed by atoms with Crippen LogP contribution in [-0.2, 0) is 6.54 Å². The number of hydrogen-bond acceptors (Lipinski definition) is 3. The molecule has 0 amide bonds. The Morgan fingerprint density at radius 2 is 1.90 bits per heavy atom. The highest BCUT2D eigenvalue weighted by atomic mass is 16.5. The fraction of sp³-hybridized carbons (Fsp3) is 0.333. The van der Waals surface area contributed by atoms with Crippen LogP contribution < -0.4 is 10.1 Å². The first kappa shape index (κ1) is 15.5. The number of ether oxygens (including phenoxy) is 1. The van der Waals surface area contributed by atoms with Gasteiger partial charge in [0.1, 0.15) is 18.5 Å².